The number of methoxy groups -OCH3 is 1. The molecule has 0 spiro atoms. The molecule has 0 fully saturated rings. The number of ether oxygens (including phenoxy) is 1. The molecule has 180 valence electrons. The first-order valence-electron chi connectivity index (χ1n) is 10.8. The maximum absolute atomic E-state index is 12.6. The van der Waals surface area contributed by atoms with E-state index in [1.807, 2.05) is 24.3 Å². The third-order valence-electron chi connectivity index (χ3n) is 5.27. The van der Waals surface area contributed by atoms with Gasteiger partial charge in [-0.15, -0.1) is 6.42 Å². The van der Waals surface area contributed by atoms with Crippen LogP contribution >= 0.6 is 0 Å². The number of fused-ring (bicyclic) bond motifs is 1. The Hall–Kier alpha value is -5.14. The number of terminal acetylenes is 1. The van der Waals surface area contributed by atoms with E-state index in [2.05, 4.69) is 31.8 Å². The van der Waals surface area contributed by atoms with Crippen LogP contribution in [0.2, 0.25) is 0 Å². The molecule has 36 heavy (non-hydrogen) atoms. The molecule has 10 heteroatoms. The normalized spacial score (nSPS) is 10.2. The summed E-state index contributed by atoms with van der Waals surface area (Å²) in [5.41, 5.74) is 5.16. The Morgan fingerprint density at radius 2 is 1.89 bits per heavy atom. The number of nitrogens with zero attached hydrogens (tertiary/aromatic N) is 2. The number of hydroxylamine groups is 1. The van der Waals surface area contributed by atoms with Crippen molar-refractivity contribution in [3.05, 3.63) is 83.7 Å². The fraction of sp³-hybridized carbons (Fsp3) is 0.0769. The number of carbonyl (C=O) groups excluding carboxylic acids is 2. The van der Waals surface area contributed by atoms with Crippen LogP contribution in [0.15, 0.2) is 67.0 Å². The zero-order valence-electron chi connectivity index (χ0n) is 19.2. The summed E-state index contributed by atoms with van der Waals surface area (Å²) in [4.78, 5) is 32.7. The third-order valence-corrected chi connectivity index (χ3v) is 5.27. The van der Waals surface area contributed by atoms with Crippen LogP contribution in [-0.4, -0.2) is 34.2 Å². The van der Waals surface area contributed by atoms with E-state index in [0.29, 0.717) is 33.7 Å². The minimum atomic E-state index is -0.614. The molecule has 4 aromatic rings. The van der Waals surface area contributed by atoms with Gasteiger partial charge in [0, 0.05) is 34.8 Å². The van der Waals surface area contributed by atoms with Crippen molar-refractivity contribution >= 4 is 40.0 Å². The van der Waals surface area contributed by atoms with Crippen LogP contribution in [0.3, 0.4) is 0 Å². The van der Waals surface area contributed by atoms with Crippen molar-refractivity contribution < 1.29 is 19.5 Å². The number of anilines is 3. The lowest BCUT2D eigenvalue weighted by atomic mass is 10.1. The second kappa shape index (κ2) is 10.9. The molecule has 1 heterocycles. The maximum atomic E-state index is 12.6. The van der Waals surface area contributed by atoms with Gasteiger partial charge in [-0.1, -0.05) is 24.1 Å². The molecular formula is C26H22N6O4. The zero-order valence-corrected chi connectivity index (χ0v) is 19.2. The van der Waals surface area contributed by atoms with Crippen molar-refractivity contribution in [3.63, 3.8) is 0 Å². The summed E-state index contributed by atoms with van der Waals surface area (Å²) in [7, 11) is 1.50. The van der Waals surface area contributed by atoms with Crippen molar-refractivity contribution in [1.29, 1.82) is 0 Å². The fourth-order valence-electron chi connectivity index (χ4n) is 3.46. The van der Waals surface area contributed by atoms with Gasteiger partial charge in [0.15, 0.2) is 0 Å². The number of rotatable bonds is 7. The summed E-state index contributed by atoms with van der Waals surface area (Å²) >= 11 is 0. The van der Waals surface area contributed by atoms with Gasteiger partial charge in [-0.3, -0.25) is 10.0 Å². The van der Waals surface area contributed by atoms with Crippen LogP contribution in [0.1, 0.15) is 21.5 Å². The Morgan fingerprint density at radius 1 is 1.08 bits per heavy atom. The van der Waals surface area contributed by atoms with Crippen molar-refractivity contribution in [2.75, 3.05) is 17.7 Å². The molecule has 0 saturated heterocycles. The van der Waals surface area contributed by atoms with E-state index in [1.54, 1.807) is 41.9 Å². The molecule has 4 rings (SSSR count). The summed E-state index contributed by atoms with van der Waals surface area (Å²) in [5.74, 6) is 2.95. The van der Waals surface area contributed by atoms with Crippen LogP contribution in [-0.2, 0) is 6.54 Å². The van der Waals surface area contributed by atoms with Gasteiger partial charge in [-0.05, 0) is 42.0 Å². The predicted molar refractivity (Wildman–Crippen MR) is 135 cm³/mol. The average molecular weight is 483 g/mol. The van der Waals surface area contributed by atoms with Crippen LogP contribution in [0, 0.1) is 12.3 Å². The minimum Gasteiger partial charge on any atom is -0.494 e. The number of amides is 3. The average Bonchev–Trinajstić information content (AvgIpc) is 2.91. The fourth-order valence-corrected chi connectivity index (χ4v) is 3.46. The van der Waals surface area contributed by atoms with Crippen LogP contribution in [0.25, 0.3) is 10.9 Å². The van der Waals surface area contributed by atoms with Crippen molar-refractivity contribution in [3.8, 4) is 18.1 Å². The first-order chi connectivity index (χ1) is 17.5. The van der Waals surface area contributed by atoms with E-state index >= 15 is 0 Å². The molecule has 5 N–H and O–H groups in total. The van der Waals surface area contributed by atoms with Gasteiger partial charge in [-0.2, -0.15) is 0 Å². The Bertz CT molecular complexity index is 1460. The van der Waals surface area contributed by atoms with E-state index in [4.69, 9.17) is 16.4 Å². The van der Waals surface area contributed by atoms with E-state index in [1.165, 1.54) is 13.4 Å². The van der Waals surface area contributed by atoms with Crippen molar-refractivity contribution in [2.45, 2.75) is 6.54 Å². The predicted octanol–water partition coefficient (Wildman–Crippen LogP) is 3.80. The molecule has 0 saturated carbocycles. The van der Waals surface area contributed by atoms with Crippen molar-refractivity contribution in [2.24, 2.45) is 0 Å². The molecule has 0 radical (unpaired) electrons. The number of urea groups is 1. The lowest BCUT2D eigenvalue weighted by molar-refractivity contribution is 0.0706. The molecule has 10 nitrogen and oxygen atoms in total. The lowest BCUT2D eigenvalue weighted by Crippen LogP contribution is -2.28. The Labute approximate surface area is 206 Å². The molecular weight excluding hydrogens is 460 g/mol. The summed E-state index contributed by atoms with van der Waals surface area (Å²) in [5, 5.41) is 18.2. The first-order valence-corrected chi connectivity index (χ1v) is 10.8. The Morgan fingerprint density at radius 3 is 2.61 bits per heavy atom. The molecule has 0 atom stereocenters. The number of nitrogens with one attached hydrogen (secondary N) is 4. The lowest BCUT2D eigenvalue weighted by Gasteiger charge is -2.14. The topological polar surface area (TPSA) is 138 Å². The standard InChI is InChI=1S/C26H22N6O4/c1-3-16-5-4-6-19(11-16)30-24-20-12-22(23(36-2)13-21(20)28-15-29-24)31-26(34)27-14-17-7-9-18(10-8-17)25(33)32-35/h1,4-13,15,35H,14H2,2H3,(H,32,33)(H2,27,31,34)(H,28,29,30). The highest BCUT2D eigenvalue weighted by Gasteiger charge is 2.13. The molecule has 0 unspecified atom stereocenters. The smallest absolute Gasteiger partial charge is 0.319 e. The summed E-state index contributed by atoms with van der Waals surface area (Å²) in [6, 6.07) is 16.8. The Balaban J connectivity index is 1.52. The summed E-state index contributed by atoms with van der Waals surface area (Å²) < 4.78 is 5.45. The number of hydrogen-bond acceptors (Lipinski definition) is 7. The van der Waals surface area contributed by atoms with E-state index in [-0.39, 0.29) is 6.54 Å². The minimum absolute atomic E-state index is 0.212. The summed E-state index contributed by atoms with van der Waals surface area (Å²) in [6.45, 7) is 0.212. The molecule has 0 aliphatic carbocycles. The second-order valence-electron chi connectivity index (χ2n) is 7.59. The third kappa shape index (κ3) is 5.49. The van der Waals surface area contributed by atoms with Gasteiger partial charge in [0.25, 0.3) is 5.91 Å². The zero-order chi connectivity index (χ0) is 25.5. The van der Waals surface area contributed by atoms with Gasteiger partial charge >= 0.3 is 6.03 Å². The first kappa shape index (κ1) is 24.0. The van der Waals surface area contributed by atoms with Crippen LogP contribution in [0.4, 0.5) is 22.0 Å². The SMILES string of the molecule is C#Cc1cccc(Nc2ncnc3cc(OC)c(NC(=O)NCc4ccc(C(=O)NO)cc4)cc23)c1. The molecule has 0 aliphatic rings. The van der Waals surface area contributed by atoms with E-state index in [9.17, 15) is 9.59 Å². The second-order valence-corrected chi connectivity index (χ2v) is 7.59. The largest absolute Gasteiger partial charge is 0.494 e. The van der Waals surface area contributed by atoms with Crippen molar-refractivity contribution in [1.82, 2.24) is 20.8 Å². The molecule has 1 aromatic heterocycles. The number of carbonyl (C=O) groups is 2. The van der Waals surface area contributed by atoms with Gasteiger partial charge in [0.1, 0.15) is 17.9 Å². The molecule has 0 aliphatic heterocycles. The van der Waals surface area contributed by atoms with Crippen LogP contribution < -0.4 is 26.2 Å². The number of aromatic nitrogens is 2. The Kier molecular flexibility index (Phi) is 7.24. The molecule has 3 amide bonds. The maximum Gasteiger partial charge on any atom is 0.319 e. The summed E-state index contributed by atoms with van der Waals surface area (Å²) in [6.07, 6.45) is 6.93. The highest BCUT2D eigenvalue weighted by Crippen LogP contribution is 2.33. The molecule has 3 aromatic carbocycles. The highest BCUT2D eigenvalue weighted by atomic mass is 16.5. The van der Waals surface area contributed by atoms with Gasteiger partial charge in [-0.25, -0.2) is 20.2 Å². The van der Waals surface area contributed by atoms with E-state index in [0.717, 1.165) is 16.8 Å². The number of benzene rings is 3. The van der Waals surface area contributed by atoms with Gasteiger partial charge in [0.2, 0.25) is 0 Å². The van der Waals surface area contributed by atoms with Gasteiger partial charge < -0.3 is 20.7 Å². The monoisotopic (exact) mass is 482 g/mol. The quantitative estimate of drug-likeness (QED) is 0.153. The highest BCUT2D eigenvalue weighted by molar-refractivity contribution is 5.99. The molecule has 0 bridgehead atoms. The van der Waals surface area contributed by atoms with E-state index < -0.39 is 11.9 Å². The van der Waals surface area contributed by atoms with Crippen LogP contribution in [0.5, 0.6) is 5.75 Å². The number of hydrogen-bond donors (Lipinski definition) is 5. The van der Waals surface area contributed by atoms with Gasteiger partial charge in [0.05, 0.1) is 18.3 Å².